The summed E-state index contributed by atoms with van der Waals surface area (Å²) in [5.41, 5.74) is 6.79. The van der Waals surface area contributed by atoms with E-state index >= 15 is 0 Å². The summed E-state index contributed by atoms with van der Waals surface area (Å²) in [5, 5.41) is 3.34. The van der Waals surface area contributed by atoms with E-state index in [1.54, 1.807) is 0 Å². The highest BCUT2D eigenvalue weighted by Gasteiger charge is 2.42. The van der Waals surface area contributed by atoms with Gasteiger partial charge in [0.05, 0.1) is 23.0 Å². The summed E-state index contributed by atoms with van der Waals surface area (Å²) >= 11 is 0. The molecular formula is C27H25N3O. The third kappa shape index (κ3) is 3.14. The first-order chi connectivity index (χ1) is 15.2. The number of benzene rings is 3. The number of fused-ring (bicyclic) bond motifs is 3. The molecular weight excluding hydrogens is 382 g/mol. The van der Waals surface area contributed by atoms with Gasteiger partial charge in [-0.05, 0) is 60.1 Å². The SMILES string of the molecule is O=C1Cc2ccccc2C2(CCC(c3nc4cc(-c5ccccc5)ccc4[nH]3)CC2)N1. The second-order valence-electron chi connectivity index (χ2n) is 8.96. The molecule has 1 aliphatic carbocycles. The van der Waals surface area contributed by atoms with Crippen LogP contribution in [-0.4, -0.2) is 15.9 Å². The number of amides is 1. The number of H-pyrrole nitrogens is 1. The van der Waals surface area contributed by atoms with Gasteiger partial charge in [-0.15, -0.1) is 0 Å². The molecule has 2 heterocycles. The third-order valence-corrected chi connectivity index (χ3v) is 7.10. The number of hydrogen-bond acceptors (Lipinski definition) is 2. The number of nitrogens with one attached hydrogen (secondary N) is 2. The lowest BCUT2D eigenvalue weighted by Gasteiger charge is -2.44. The van der Waals surface area contributed by atoms with Crippen molar-refractivity contribution in [2.75, 3.05) is 0 Å². The lowest BCUT2D eigenvalue weighted by atomic mass is 9.69. The minimum atomic E-state index is -0.213. The van der Waals surface area contributed by atoms with Crippen LogP contribution in [0.25, 0.3) is 22.2 Å². The predicted molar refractivity (Wildman–Crippen MR) is 123 cm³/mol. The van der Waals surface area contributed by atoms with E-state index in [0.29, 0.717) is 12.3 Å². The van der Waals surface area contributed by atoms with E-state index in [1.807, 2.05) is 12.1 Å². The van der Waals surface area contributed by atoms with Gasteiger partial charge >= 0.3 is 0 Å². The van der Waals surface area contributed by atoms with Crippen LogP contribution < -0.4 is 5.32 Å². The maximum absolute atomic E-state index is 12.4. The van der Waals surface area contributed by atoms with Crippen molar-refractivity contribution in [3.63, 3.8) is 0 Å². The monoisotopic (exact) mass is 407 g/mol. The van der Waals surface area contributed by atoms with E-state index in [0.717, 1.165) is 42.5 Å². The Balaban J connectivity index is 1.26. The minimum Gasteiger partial charge on any atom is -0.346 e. The molecule has 2 aliphatic rings. The summed E-state index contributed by atoms with van der Waals surface area (Å²) in [7, 11) is 0. The highest BCUT2D eigenvalue weighted by atomic mass is 16.1. The van der Waals surface area contributed by atoms with Crippen LogP contribution in [0, 0.1) is 0 Å². The molecule has 0 bridgehead atoms. The fourth-order valence-corrected chi connectivity index (χ4v) is 5.50. The van der Waals surface area contributed by atoms with Gasteiger partial charge < -0.3 is 10.3 Å². The van der Waals surface area contributed by atoms with Crippen LogP contribution in [0.2, 0.25) is 0 Å². The molecule has 0 saturated heterocycles. The lowest BCUT2D eigenvalue weighted by molar-refractivity contribution is -0.123. The number of aromatic amines is 1. The number of carbonyl (C=O) groups excluding carboxylic acids is 1. The Hall–Kier alpha value is -3.40. The van der Waals surface area contributed by atoms with Gasteiger partial charge in [0, 0.05) is 5.92 Å². The number of rotatable bonds is 2. The standard InChI is InChI=1S/C27H25N3O/c31-25-17-21-8-4-5-9-22(21)27(30-25)14-12-19(13-15-27)26-28-23-11-10-20(16-24(23)29-26)18-6-2-1-3-7-18/h1-11,16,19H,12-15,17H2,(H,28,29)(H,30,31). The van der Waals surface area contributed by atoms with E-state index in [4.69, 9.17) is 4.98 Å². The van der Waals surface area contributed by atoms with Crippen LogP contribution in [0.5, 0.6) is 0 Å². The first kappa shape index (κ1) is 18.4. The van der Waals surface area contributed by atoms with E-state index in [9.17, 15) is 4.79 Å². The average molecular weight is 408 g/mol. The van der Waals surface area contributed by atoms with Crippen molar-refractivity contribution in [2.45, 2.75) is 43.6 Å². The van der Waals surface area contributed by atoms with E-state index in [1.165, 1.54) is 22.3 Å². The van der Waals surface area contributed by atoms with Gasteiger partial charge in [0.2, 0.25) is 5.91 Å². The molecule has 1 spiro atoms. The summed E-state index contributed by atoms with van der Waals surface area (Å²) in [6, 6.07) is 25.3. The van der Waals surface area contributed by atoms with Crippen molar-refractivity contribution in [3.8, 4) is 11.1 Å². The average Bonchev–Trinajstić information content (AvgIpc) is 3.23. The van der Waals surface area contributed by atoms with Crippen LogP contribution in [-0.2, 0) is 16.8 Å². The molecule has 1 amide bonds. The molecule has 4 aromatic rings. The lowest BCUT2D eigenvalue weighted by Crippen LogP contribution is -2.52. The highest BCUT2D eigenvalue weighted by molar-refractivity contribution is 5.83. The summed E-state index contributed by atoms with van der Waals surface area (Å²) in [5.74, 6) is 1.61. The highest BCUT2D eigenvalue weighted by Crippen LogP contribution is 2.45. The first-order valence-electron chi connectivity index (χ1n) is 11.1. The molecule has 1 aliphatic heterocycles. The fourth-order valence-electron chi connectivity index (χ4n) is 5.50. The molecule has 1 fully saturated rings. The first-order valence-corrected chi connectivity index (χ1v) is 11.1. The number of aromatic nitrogens is 2. The predicted octanol–water partition coefficient (Wildman–Crippen LogP) is 5.46. The van der Waals surface area contributed by atoms with Crippen molar-refractivity contribution >= 4 is 16.9 Å². The molecule has 0 atom stereocenters. The Kier molecular flexibility index (Phi) is 4.20. The normalized spacial score (nSPS) is 23.0. The number of nitrogens with zero attached hydrogens (tertiary/aromatic N) is 1. The largest absolute Gasteiger partial charge is 0.346 e. The topological polar surface area (TPSA) is 57.8 Å². The molecule has 31 heavy (non-hydrogen) atoms. The molecule has 4 nitrogen and oxygen atoms in total. The van der Waals surface area contributed by atoms with Gasteiger partial charge in [-0.25, -0.2) is 4.98 Å². The summed E-state index contributed by atoms with van der Waals surface area (Å²) in [4.78, 5) is 20.9. The molecule has 3 aromatic carbocycles. The van der Waals surface area contributed by atoms with Gasteiger partial charge in [0.1, 0.15) is 5.82 Å². The molecule has 0 radical (unpaired) electrons. The number of hydrogen-bond donors (Lipinski definition) is 2. The van der Waals surface area contributed by atoms with Gasteiger partial charge in [0.15, 0.2) is 0 Å². The van der Waals surface area contributed by atoms with Crippen molar-refractivity contribution in [2.24, 2.45) is 0 Å². The van der Waals surface area contributed by atoms with Crippen LogP contribution in [0.15, 0.2) is 72.8 Å². The van der Waals surface area contributed by atoms with Gasteiger partial charge in [0.25, 0.3) is 0 Å². The Bertz CT molecular complexity index is 1270. The Morgan fingerprint density at radius 2 is 1.65 bits per heavy atom. The van der Waals surface area contributed by atoms with Crippen molar-refractivity contribution < 1.29 is 4.79 Å². The van der Waals surface area contributed by atoms with Gasteiger partial charge in [-0.1, -0.05) is 60.7 Å². The van der Waals surface area contributed by atoms with Crippen LogP contribution in [0.3, 0.4) is 0 Å². The second-order valence-corrected chi connectivity index (χ2v) is 8.96. The Morgan fingerprint density at radius 1 is 0.871 bits per heavy atom. The zero-order valence-corrected chi connectivity index (χ0v) is 17.4. The molecule has 6 rings (SSSR count). The molecule has 2 N–H and O–H groups in total. The smallest absolute Gasteiger partial charge is 0.225 e. The summed E-state index contributed by atoms with van der Waals surface area (Å²) in [6.07, 6.45) is 4.42. The maximum Gasteiger partial charge on any atom is 0.225 e. The van der Waals surface area contributed by atoms with E-state index in [-0.39, 0.29) is 11.4 Å². The van der Waals surface area contributed by atoms with Crippen LogP contribution in [0.4, 0.5) is 0 Å². The number of carbonyl (C=O) groups is 1. The summed E-state index contributed by atoms with van der Waals surface area (Å²) < 4.78 is 0. The molecule has 1 saturated carbocycles. The fraction of sp³-hybridized carbons (Fsp3) is 0.259. The third-order valence-electron chi connectivity index (χ3n) is 7.10. The van der Waals surface area contributed by atoms with Gasteiger partial charge in [-0.2, -0.15) is 0 Å². The second kappa shape index (κ2) is 7.09. The quantitative estimate of drug-likeness (QED) is 0.464. The van der Waals surface area contributed by atoms with E-state index < -0.39 is 0 Å². The zero-order valence-electron chi connectivity index (χ0n) is 17.4. The molecule has 0 unspecified atom stereocenters. The van der Waals surface area contributed by atoms with Crippen LogP contribution in [0.1, 0.15) is 48.6 Å². The Labute approximate surface area is 181 Å². The zero-order chi connectivity index (χ0) is 20.8. The maximum atomic E-state index is 12.4. The van der Waals surface area contributed by atoms with Crippen molar-refractivity contribution in [1.82, 2.24) is 15.3 Å². The van der Waals surface area contributed by atoms with Gasteiger partial charge in [-0.3, -0.25) is 4.79 Å². The molecule has 4 heteroatoms. The number of imidazole rings is 1. The molecule has 154 valence electrons. The minimum absolute atomic E-state index is 0.148. The van der Waals surface area contributed by atoms with Crippen molar-refractivity contribution in [1.29, 1.82) is 0 Å². The molecule has 1 aromatic heterocycles. The van der Waals surface area contributed by atoms with Crippen molar-refractivity contribution in [3.05, 3.63) is 89.7 Å². The summed E-state index contributed by atoms with van der Waals surface area (Å²) in [6.45, 7) is 0. The Morgan fingerprint density at radius 3 is 2.48 bits per heavy atom. The van der Waals surface area contributed by atoms with E-state index in [2.05, 4.69) is 71.0 Å². The van der Waals surface area contributed by atoms with Crippen LogP contribution >= 0.6 is 0 Å².